The minimum absolute atomic E-state index is 0.724. The van der Waals surface area contributed by atoms with Gasteiger partial charge in [-0.15, -0.1) is 0 Å². The van der Waals surface area contributed by atoms with Crippen LogP contribution in [0.4, 0.5) is 0 Å². The van der Waals surface area contributed by atoms with Gasteiger partial charge in [0.2, 0.25) is 0 Å². The average Bonchev–Trinajstić information content (AvgIpc) is 2.67. The Morgan fingerprint density at radius 2 is 2.11 bits per heavy atom. The van der Waals surface area contributed by atoms with Crippen LogP contribution in [0, 0.1) is 13.8 Å². The van der Waals surface area contributed by atoms with Crippen LogP contribution >= 0.6 is 0 Å². The molecule has 1 aromatic rings. The molecule has 0 aliphatic carbocycles. The maximum absolute atomic E-state index is 5.84. The molecule has 1 aliphatic rings. The lowest BCUT2D eigenvalue weighted by atomic mass is 9.99. The van der Waals surface area contributed by atoms with E-state index in [9.17, 15) is 0 Å². The summed E-state index contributed by atoms with van der Waals surface area (Å²) in [7, 11) is 4.32. The molecule has 0 saturated carbocycles. The third-order valence-corrected chi connectivity index (χ3v) is 4.23. The predicted molar refractivity (Wildman–Crippen MR) is 79.4 cm³/mol. The number of aryl methyl sites for hydroxylation is 2. The molecule has 2 heterocycles. The molecule has 0 N–H and O–H groups in total. The standard InChI is InChI=1S/C16H28N2O/c1-13-11-16(19-14(13)2)12-18-9-6-5-7-15(18)8-10-17(3)4/h11,15H,5-10,12H2,1-4H3/t15-/m0/s1. The Bertz CT molecular complexity index is 378. The second kappa shape index (κ2) is 6.58. The van der Waals surface area contributed by atoms with Crippen LogP contribution in [-0.2, 0) is 6.54 Å². The molecule has 0 spiro atoms. The average molecular weight is 264 g/mol. The Kier molecular flexibility index (Phi) is 5.06. The molecule has 1 aromatic heterocycles. The van der Waals surface area contributed by atoms with Gasteiger partial charge in [0.15, 0.2) is 0 Å². The predicted octanol–water partition coefficient (Wildman–Crippen LogP) is 3.20. The van der Waals surface area contributed by atoms with Gasteiger partial charge in [-0.1, -0.05) is 6.42 Å². The van der Waals surface area contributed by atoms with Crippen LogP contribution in [0.5, 0.6) is 0 Å². The van der Waals surface area contributed by atoms with Crippen LogP contribution < -0.4 is 0 Å². The number of furan rings is 1. The molecule has 3 heteroatoms. The van der Waals surface area contributed by atoms with Crippen molar-refractivity contribution in [2.75, 3.05) is 27.2 Å². The first kappa shape index (κ1) is 14.6. The van der Waals surface area contributed by atoms with Gasteiger partial charge in [-0.25, -0.2) is 0 Å². The minimum atomic E-state index is 0.724. The lowest BCUT2D eigenvalue weighted by Crippen LogP contribution is -2.40. The molecule has 2 rings (SSSR count). The lowest BCUT2D eigenvalue weighted by molar-refractivity contribution is 0.115. The van der Waals surface area contributed by atoms with Gasteiger partial charge in [0, 0.05) is 6.04 Å². The Morgan fingerprint density at radius 3 is 2.74 bits per heavy atom. The Balaban J connectivity index is 1.95. The molecule has 0 aromatic carbocycles. The minimum Gasteiger partial charge on any atom is -0.465 e. The Hall–Kier alpha value is -0.800. The normalized spacial score (nSPS) is 21.2. The maximum atomic E-state index is 5.84. The summed E-state index contributed by atoms with van der Waals surface area (Å²) in [6.07, 6.45) is 5.32. The highest BCUT2D eigenvalue weighted by Crippen LogP contribution is 2.23. The summed E-state index contributed by atoms with van der Waals surface area (Å²) in [5, 5.41) is 0. The summed E-state index contributed by atoms with van der Waals surface area (Å²) < 4.78 is 5.84. The second-order valence-corrected chi connectivity index (χ2v) is 6.16. The maximum Gasteiger partial charge on any atom is 0.118 e. The van der Waals surface area contributed by atoms with E-state index in [1.807, 2.05) is 0 Å². The fourth-order valence-electron chi connectivity index (χ4n) is 2.93. The largest absolute Gasteiger partial charge is 0.465 e. The van der Waals surface area contributed by atoms with Crippen LogP contribution in [0.3, 0.4) is 0 Å². The van der Waals surface area contributed by atoms with E-state index in [-0.39, 0.29) is 0 Å². The SMILES string of the molecule is Cc1cc(CN2CCCC[C@H]2CCN(C)C)oc1C. The number of likely N-dealkylation sites (tertiary alicyclic amines) is 1. The van der Waals surface area contributed by atoms with Crippen LogP contribution in [0.1, 0.15) is 42.8 Å². The van der Waals surface area contributed by atoms with Gasteiger partial charge in [-0.3, -0.25) is 4.90 Å². The van der Waals surface area contributed by atoms with E-state index < -0.39 is 0 Å². The second-order valence-electron chi connectivity index (χ2n) is 6.16. The molecule has 0 radical (unpaired) electrons. The van der Waals surface area contributed by atoms with Gasteiger partial charge in [-0.2, -0.15) is 0 Å². The molecule has 1 saturated heterocycles. The van der Waals surface area contributed by atoms with E-state index in [1.165, 1.54) is 44.3 Å². The molecule has 1 fully saturated rings. The topological polar surface area (TPSA) is 19.6 Å². The Morgan fingerprint density at radius 1 is 1.32 bits per heavy atom. The van der Waals surface area contributed by atoms with Crippen LogP contribution in [0.15, 0.2) is 10.5 Å². The van der Waals surface area contributed by atoms with E-state index in [1.54, 1.807) is 0 Å². The first-order valence-electron chi connectivity index (χ1n) is 7.51. The van der Waals surface area contributed by atoms with Crippen molar-refractivity contribution in [3.63, 3.8) is 0 Å². The molecule has 0 unspecified atom stereocenters. The summed E-state index contributed by atoms with van der Waals surface area (Å²) in [6, 6.07) is 2.93. The zero-order valence-corrected chi connectivity index (χ0v) is 12.9. The number of hydrogen-bond donors (Lipinski definition) is 0. The van der Waals surface area contributed by atoms with Gasteiger partial charge >= 0.3 is 0 Å². The van der Waals surface area contributed by atoms with Crippen molar-refractivity contribution >= 4 is 0 Å². The van der Waals surface area contributed by atoms with Crippen molar-refractivity contribution in [2.24, 2.45) is 0 Å². The summed E-state index contributed by atoms with van der Waals surface area (Å²) in [5.74, 6) is 2.20. The smallest absolute Gasteiger partial charge is 0.118 e. The fraction of sp³-hybridized carbons (Fsp3) is 0.750. The highest BCUT2D eigenvalue weighted by Gasteiger charge is 2.23. The summed E-state index contributed by atoms with van der Waals surface area (Å²) in [4.78, 5) is 4.90. The summed E-state index contributed by atoms with van der Waals surface area (Å²) in [5.41, 5.74) is 1.27. The Labute approximate surface area is 117 Å². The van der Waals surface area contributed by atoms with Crippen molar-refractivity contribution < 1.29 is 4.42 Å². The first-order chi connectivity index (χ1) is 9.06. The number of hydrogen-bond acceptors (Lipinski definition) is 3. The quantitative estimate of drug-likeness (QED) is 0.814. The third kappa shape index (κ3) is 4.08. The molecule has 0 bridgehead atoms. The number of rotatable bonds is 5. The van der Waals surface area contributed by atoms with Crippen molar-refractivity contribution in [3.8, 4) is 0 Å². The van der Waals surface area contributed by atoms with Crippen molar-refractivity contribution in [1.82, 2.24) is 9.80 Å². The molecule has 1 aliphatic heterocycles. The van der Waals surface area contributed by atoms with Crippen LogP contribution in [0.2, 0.25) is 0 Å². The fourth-order valence-corrected chi connectivity index (χ4v) is 2.93. The molecular formula is C16H28N2O. The van der Waals surface area contributed by atoms with E-state index in [0.29, 0.717) is 0 Å². The van der Waals surface area contributed by atoms with E-state index in [0.717, 1.165) is 24.1 Å². The van der Waals surface area contributed by atoms with E-state index >= 15 is 0 Å². The monoisotopic (exact) mass is 264 g/mol. The zero-order chi connectivity index (χ0) is 13.8. The van der Waals surface area contributed by atoms with E-state index in [4.69, 9.17) is 4.42 Å². The van der Waals surface area contributed by atoms with Gasteiger partial charge in [0.1, 0.15) is 11.5 Å². The molecule has 19 heavy (non-hydrogen) atoms. The van der Waals surface area contributed by atoms with Crippen molar-refractivity contribution in [1.29, 1.82) is 0 Å². The van der Waals surface area contributed by atoms with Crippen molar-refractivity contribution in [3.05, 3.63) is 23.2 Å². The summed E-state index contributed by atoms with van der Waals surface area (Å²) >= 11 is 0. The van der Waals surface area contributed by atoms with Crippen LogP contribution in [0.25, 0.3) is 0 Å². The van der Waals surface area contributed by atoms with E-state index in [2.05, 4.69) is 43.8 Å². The molecule has 108 valence electrons. The van der Waals surface area contributed by atoms with Gasteiger partial charge < -0.3 is 9.32 Å². The zero-order valence-electron chi connectivity index (χ0n) is 12.9. The third-order valence-electron chi connectivity index (χ3n) is 4.23. The summed E-state index contributed by atoms with van der Waals surface area (Å²) in [6.45, 7) is 7.56. The molecule has 1 atom stereocenters. The van der Waals surface area contributed by atoms with Gasteiger partial charge in [-0.05, 0) is 71.9 Å². The molecule has 3 nitrogen and oxygen atoms in total. The highest BCUT2D eigenvalue weighted by atomic mass is 16.3. The van der Waals surface area contributed by atoms with Crippen LogP contribution in [-0.4, -0.2) is 43.0 Å². The number of nitrogens with zero attached hydrogens (tertiary/aromatic N) is 2. The molecule has 0 amide bonds. The highest BCUT2D eigenvalue weighted by molar-refractivity contribution is 5.18. The van der Waals surface area contributed by atoms with Crippen molar-refractivity contribution in [2.45, 2.75) is 52.1 Å². The number of piperidine rings is 1. The lowest BCUT2D eigenvalue weighted by Gasteiger charge is -2.35. The first-order valence-corrected chi connectivity index (χ1v) is 7.51. The van der Waals surface area contributed by atoms with Gasteiger partial charge in [0.25, 0.3) is 0 Å². The molecular weight excluding hydrogens is 236 g/mol. The van der Waals surface area contributed by atoms with Gasteiger partial charge in [0.05, 0.1) is 6.54 Å².